The number of para-hydroxylation sites is 1. The Morgan fingerprint density at radius 3 is 2.69 bits per heavy atom. The minimum Gasteiger partial charge on any atom is -0.493 e. The number of nitrogens with one attached hydrogen (secondary N) is 1. The van der Waals surface area contributed by atoms with Crippen LogP contribution in [0.3, 0.4) is 0 Å². The quantitative estimate of drug-likeness (QED) is 0.683. The maximum Gasteiger partial charge on any atom is 0.255 e. The molecule has 0 saturated carbocycles. The highest BCUT2D eigenvalue weighted by molar-refractivity contribution is 5.96. The first-order chi connectivity index (χ1) is 17.0. The Morgan fingerprint density at radius 2 is 1.89 bits per heavy atom. The molecular formula is C28H40N4O3. The Bertz CT molecular complexity index is 992. The molecule has 4 rings (SSSR count). The van der Waals surface area contributed by atoms with Gasteiger partial charge in [0.1, 0.15) is 11.6 Å². The van der Waals surface area contributed by atoms with Crippen LogP contribution in [0.1, 0.15) is 87.3 Å². The maximum absolute atomic E-state index is 13.0. The van der Waals surface area contributed by atoms with Gasteiger partial charge in [0.2, 0.25) is 5.91 Å². The molecule has 2 aromatic rings. The van der Waals surface area contributed by atoms with Crippen molar-refractivity contribution < 1.29 is 14.3 Å². The number of amides is 2. The number of nitrogens with zero attached hydrogens (tertiary/aromatic N) is 3. The second-order valence-electron chi connectivity index (χ2n) is 10.5. The summed E-state index contributed by atoms with van der Waals surface area (Å²) in [7, 11) is 0. The van der Waals surface area contributed by atoms with Crippen molar-refractivity contribution in [3.8, 4) is 5.75 Å². The third-order valence-corrected chi connectivity index (χ3v) is 7.62. The van der Waals surface area contributed by atoms with E-state index in [4.69, 9.17) is 4.74 Å². The third kappa shape index (κ3) is 6.44. The second kappa shape index (κ2) is 11.7. The largest absolute Gasteiger partial charge is 0.493 e. The normalized spacial score (nSPS) is 19.2. The van der Waals surface area contributed by atoms with Crippen molar-refractivity contribution in [1.29, 1.82) is 0 Å². The van der Waals surface area contributed by atoms with E-state index in [1.165, 1.54) is 6.42 Å². The van der Waals surface area contributed by atoms with Crippen LogP contribution in [0.4, 0.5) is 0 Å². The van der Waals surface area contributed by atoms with E-state index in [2.05, 4.69) is 28.7 Å². The summed E-state index contributed by atoms with van der Waals surface area (Å²) < 4.78 is 8.01. The molecule has 0 radical (unpaired) electrons. The second-order valence-corrected chi connectivity index (χ2v) is 10.5. The van der Waals surface area contributed by atoms with Crippen molar-refractivity contribution in [2.45, 2.75) is 77.7 Å². The molecule has 1 aromatic carbocycles. The molecule has 1 aromatic heterocycles. The molecule has 7 heteroatoms. The monoisotopic (exact) mass is 480 g/mol. The Labute approximate surface area is 209 Å². The van der Waals surface area contributed by atoms with Crippen molar-refractivity contribution in [2.24, 2.45) is 5.41 Å². The average Bonchev–Trinajstić information content (AvgIpc) is 3.35. The molecule has 2 amide bonds. The SMILES string of the molecule is CC(C)c1nccn1CCC(=O)N1CCC2(CCCCCCOc3ccccc3C(=O)NC2)CC1. The Morgan fingerprint density at radius 1 is 1.11 bits per heavy atom. The number of aromatic nitrogens is 2. The van der Waals surface area contributed by atoms with Gasteiger partial charge in [0.05, 0.1) is 12.2 Å². The Kier molecular flexibility index (Phi) is 8.47. The molecule has 2 aliphatic heterocycles. The molecule has 1 spiro atoms. The predicted octanol–water partition coefficient (Wildman–Crippen LogP) is 4.78. The fraction of sp³-hybridized carbons (Fsp3) is 0.607. The highest BCUT2D eigenvalue weighted by Crippen LogP contribution is 2.37. The molecule has 0 atom stereocenters. The van der Waals surface area contributed by atoms with Crippen LogP contribution in [-0.2, 0) is 11.3 Å². The molecule has 0 unspecified atom stereocenters. The number of carbonyl (C=O) groups excluding carboxylic acids is 2. The van der Waals surface area contributed by atoms with E-state index in [1.54, 1.807) is 0 Å². The number of rotatable bonds is 4. The summed E-state index contributed by atoms with van der Waals surface area (Å²) in [6, 6.07) is 7.51. The van der Waals surface area contributed by atoms with Crippen LogP contribution in [0, 0.1) is 5.41 Å². The first-order valence-corrected chi connectivity index (χ1v) is 13.3. The van der Waals surface area contributed by atoms with E-state index in [-0.39, 0.29) is 17.2 Å². The number of ether oxygens (including phenoxy) is 1. The molecule has 0 bridgehead atoms. The molecule has 3 heterocycles. The van der Waals surface area contributed by atoms with Gasteiger partial charge in [-0.3, -0.25) is 9.59 Å². The van der Waals surface area contributed by atoms with Crippen LogP contribution in [-0.4, -0.2) is 52.5 Å². The summed E-state index contributed by atoms with van der Waals surface area (Å²) in [5.41, 5.74) is 0.653. The van der Waals surface area contributed by atoms with Crippen LogP contribution in [0.2, 0.25) is 0 Å². The summed E-state index contributed by atoms with van der Waals surface area (Å²) in [6.07, 6.45) is 11.7. The van der Waals surface area contributed by atoms with E-state index in [9.17, 15) is 9.59 Å². The lowest BCUT2D eigenvalue weighted by Crippen LogP contribution is -2.48. The number of carbonyl (C=O) groups is 2. The summed E-state index contributed by atoms with van der Waals surface area (Å²) in [5, 5.41) is 3.21. The standard InChI is InChI=1S/C28H40N4O3/c1-22(2)26-29-15-19-32(26)16-11-25(33)31-17-13-28(14-18-31)12-7-3-4-8-20-35-24-10-6-5-9-23(24)27(34)30-21-28/h5-6,9-10,15,19,22H,3-4,7-8,11-14,16-18,20-21H2,1-2H3,(H,30,34). The predicted molar refractivity (Wildman–Crippen MR) is 137 cm³/mol. The highest BCUT2D eigenvalue weighted by Gasteiger charge is 2.36. The minimum atomic E-state index is -0.0704. The van der Waals surface area contributed by atoms with Crippen molar-refractivity contribution in [1.82, 2.24) is 19.8 Å². The third-order valence-electron chi connectivity index (χ3n) is 7.62. The molecule has 0 aliphatic carbocycles. The van der Waals surface area contributed by atoms with Crippen molar-refractivity contribution in [3.63, 3.8) is 0 Å². The first-order valence-electron chi connectivity index (χ1n) is 13.3. The van der Waals surface area contributed by atoms with Gasteiger partial charge in [-0.1, -0.05) is 45.2 Å². The van der Waals surface area contributed by atoms with E-state index in [1.807, 2.05) is 41.6 Å². The fourth-order valence-corrected chi connectivity index (χ4v) is 5.41. The number of likely N-dealkylation sites (tertiary alicyclic amines) is 1. The van der Waals surface area contributed by atoms with Gasteiger partial charge in [-0.2, -0.15) is 0 Å². The number of aryl methyl sites for hydroxylation is 1. The number of hydrogen-bond donors (Lipinski definition) is 1. The van der Waals surface area contributed by atoms with E-state index in [0.29, 0.717) is 43.3 Å². The van der Waals surface area contributed by atoms with Crippen LogP contribution in [0.25, 0.3) is 0 Å². The van der Waals surface area contributed by atoms with E-state index >= 15 is 0 Å². The van der Waals surface area contributed by atoms with E-state index in [0.717, 1.165) is 57.4 Å². The Hall–Kier alpha value is -2.83. The molecule has 7 nitrogen and oxygen atoms in total. The van der Waals surface area contributed by atoms with Gasteiger partial charge in [-0.15, -0.1) is 0 Å². The number of benzene rings is 1. The summed E-state index contributed by atoms with van der Waals surface area (Å²) >= 11 is 0. The molecular weight excluding hydrogens is 440 g/mol. The van der Waals surface area contributed by atoms with Gasteiger partial charge in [0.15, 0.2) is 0 Å². The van der Waals surface area contributed by atoms with Crippen LogP contribution in [0.5, 0.6) is 5.75 Å². The summed E-state index contributed by atoms with van der Waals surface area (Å²) in [5.74, 6) is 2.18. The molecule has 1 saturated heterocycles. The first kappa shape index (κ1) is 25.3. The van der Waals surface area contributed by atoms with Crippen molar-refractivity contribution in [2.75, 3.05) is 26.2 Å². The Balaban J connectivity index is 1.36. The van der Waals surface area contributed by atoms with Crippen LogP contribution < -0.4 is 10.1 Å². The lowest BCUT2D eigenvalue weighted by molar-refractivity contribution is -0.133. The zero-order valence-corrected chi connectivity index (χ0v) is 21.3. The molecule has 190 valence electrons. The van der Waals surface area contributed by atoms with Crippen LogP contribution in [0.15, 0.2) is 36.7 Å². The zero-order valence-electron chi connectivity index (χ0n) is 21.3. The van der Waals surface area contributed by atoms with Crippen molar-refractivity contribution >= 4 is 11.8 Å². The van der Waals surface area contributed by atoms with Gasteiger partial charge in [-0.25, -0.2) is 4.98 Å². The lowest BCUT2D eigenvalue weighted by Gasteiger charge is -2.42. The molecule has 2 aliphatic rings. The number of piperidine rings is 1. The molecule has 35 heavy (non-hydrogen) atoms. The maximum atomic E-state index is 13.0. The van der Waals surface area contributed by atoms with Gasteiger partial charge in [-0.05, 0) is 43.2 Å². The highest BCUT2D eigenvalue weighted by atomic mass is 16.5. The summed E-state index contributed by atoms with van der Waals surface area (Å²) in [4.78, 5) is 32.5. The summed E-state index contributed by atoms with van der Waals surface area (Å²) in [6.45, 7) is 7.73. The fourth-order valence-electron chi connectivity index (χ4n) is 5.41. The molecule has 1 N–H and O–H groups in total. The van der Waals surface area contributed by atoms with Crippen molar-refractivity contribution in [3.05, 3.63) is 48.0 Å². The van der Waals surface area contributed by atoms with Gasteiger partial charge in [0, 0.05) is 50.9 Å². The lowest BCUT2D eigenvalue weighted by atomic mass is 9.74. The topological polar surface area (TPSA) is 76.5 Å². The zero-order chi connectivity index (χ0) is 24.7. The number of imidazole rings is 1. The minimum absolute atomic E-state index is 0.0471. The average molecular weight is 481 g/mol. The van der Waals surface area contributed by atoms with Gasteiger partial charge in [0.25, 0.3) is 5.91 Å². The smallest absolute Gasteiger partial charge is 0.255 e. The van der Waals surface area contributed by atoms with Crippen LogP contribution >= 0.6 is 0 Å². The number of fused-ring (bicyclic) bond motifs is 1. The van der Waals surface area contributed by atoms with Gasteiger partial charge < -0.3 is 19.5 Å². The van der Waals surface area contributed by atoms with E-state index < -0.39 is 0 Å². The molecule has 1 fully saturated rings. The number of hydrogen-bond acceptors (Lipinski definition) is 4. The van der Waals surface area contributed by atoms with Gasteiger partial charge >= 0.3 is 0 Å².